The molecule has 43 heavy (non-hydrogen) atoms. The molecule has 0 aromatic heterocycles. The number of hydrogen-bond acceptors (Lipinski definition) is 7. The van der Waals surface area contributed by atoms with E-state index in [-0.39, 0.29) is 18.2 Å². The average molecular weight is 643 g/mol. The second-order valence-corrected chi connectivity index (χ2v) is 11.8. The van der Waals surface area contributed by atoms with Gasteiger partial charge in [0.2, 0.25) is 0 Å². The highest BCUT2D eigenvalue weighted by Crippen LogP contribution is 2.38. The van der Waals surface area contributed by atoms with Gasteiger partial charge >= 0.3 is 18.4 Å². The highest BCUT2D eigenvalue weighted by atomic mass is 32.2. The van der Waals surface area contributed by atoms with E-state index in [4.69, 9.17) is 13.7 Å². The van der Waals surface area contributed by atoms with E-state index < -0.39 is 75.1 Å². The maximum absolute atomic E-state index is 13.0. The van der Waals surface area contributed by atoms with Crippen LogP contribution < -0.4 is 15.4 Å². The van der Waals surface area contributed by atoms with Crippen LogP contribution in [0.2, 0.25) is 0 Å². The maximum Gasteiger partial charge on any atom is 0.416 e. The number of carbonyl (C=O) groups excluding carboxylic acids is 2. The molecule has 0 heterocycles. The van der Waals surface area contributed by atoms with Crippen molar-refractivity contribution >= 4 is 22.1 Å². The van der Waals surface area contributed by atoms with E-state index in [1.165, 1.54) is 12.1 Å². The third kappa shape index (κ3) is 12.7. The minimum absolute atomic E-state index is 0.0103. The lowest BCUT2D eigenvalue weighted by Crippen LogP contribution is -2.33. The first-order chi connectivity index (χ1) is 19.8. The predicted octanol–water partition coefficient (Wildman–Crippen LogP) is 5.93. The van der Waals surface area contributed by atoms with Crippen molar-refractivity contribution in [3.8, 4) is 5.75 Å². The lowest BCUT2D eigenvalue weighted by Gasteiger charge is -2.19. The monoisotopic (exact) mass is 642 g/mol. The number of amides is 2. The third-order valence-electron chi connectivity index (χ3n) is 5.34. The lowest BCUT2D eigenvalue weighted by molar-refractivity contribution is -0.143. The number of ether oxygens (including phenoxy) is 2. The Morgan fingerprint density at radius 1 is 0.791 bits per heavy atom. The van der Waals surface area contributed by atoms with Crippen molar-refractivity contribution in [1.29, 1.82) is 0 Å². The molecule has 0 aliphatic heterocycles. The summed E-state index contributed by atoms with van der Waals surface area (Å²) < 4.78 is 118. The second-order valence-electron chi connectivity index (χ2n) is 10.1. The molecule has 0 fully saturated rings. The molecule has 240 valence electrons. The molecule has 2 aromatic carbocycles. The normalized spacial score (nSPS) is 12.5. The Morgan fingerprint density at radius 2 is 1.37 bits per heavy atom. The van der Waals surface area contributed by atoms with E-state index in [1.807, 2.05) is 0 Å². The molecule has 0 aliphatic rings. The van der Waals surface area contributed by atoms with Crippen LogP contribution in [-0.4, -0.2) is 52.3 Å². The molecule has 2 aromatic rings. The fraction of sp³-hybridized carbons (Fsp3) is 0.481. The van der Waals surface area contributed by atoms with Gasteiger partial charge in [0, 0.05) is 18.7 Å². The first kappa shape index (κ1) is 35.7. The molecule has 0 aliphatic carbocycles. The fourth-order valence-corrected chi connectivity index (χ4v) is 4.35. The minimum atomic E-state index is -5.07. The summed E-state index contributed by atoms with van der Waals surface area (Å²) in [6, 6.07) is 5.51. The SMILES string of the molecule is CC(C)(C)OC(=O)NCCCCCNC(=O)c1cccc(S(=O)(=O)OCCOc2cc(C(F)(F)F)cc(C(F)(F)F)c2)c1. The smallest absolute Gasteiger partial charge is 0.416 e. The van der Waals surface area contributed by atoms with Crippen molar-refractivity contribution in [2.75, 3.05) is 26.3 Å². The van der Waals surface area contributed by atoms with Crippen LogP contribution in [0, 0.1) is 0 Å². The molecule has 0 saturated heterocycles. The average Bonchev–Trinajstić information content (AvgIpc) is 2.88. The van der Waals surface area contributed by atoms with Crippen molar-refractivity contribution in [2.24, 2.45) is 0 Å². The van der Waals surface area contributed by atoms with Gasteiger partial charge < -0.3 is 20.1 Å². The molecule has 9 nitrogen and oxygen atoms in total. The Labute approximate surface area is 245 Å². The Kier molecular flexibility index (Phi) is 12.3. The molecular formula is C27H32F6N2O7S. The van der Waals surface area contributed by atoms with E-state index in [2.05, 4.69) is 10.6 Å². The van der Waals surface area contributed by atoms with E-state index in [9.17, 15) is 44.3 Å². The molecule has 2 amide bonds. The summed E-state index contributed by atoms with van der Waals surface area (Å²) in [5.74, 6) is -1.33. The van der Waals surface area contributed by atoms with Crippen LogP contribution in [0.5, 0.6) is 5.75 Å². The van der Waals surface area contributed by atoms with Gasteiger partial charge in [0.15, 0.2) is 0 Å². The quantitative estimate of drug-likeness (QED) is 0.158. The van der Waals surface area contributed by atoms with Gasteiger partial charge in [-0.2, -0.15) is 34.8 Å². The van der Waals surface area contributed by atoms with E-state index in [0.29, 0.717) is 37.9 Å². The number of halogens is 6. The number of alkyl halides is 6. The van der Waals surface area contributed by atoms with Gasteiger partial charge in [-0.05, 0) is 76.4 Å². The van der Waals surface area contributed by atoms with Crippen LogP contribution in [0.15, 0.2) is 47.4 Å². The van der Waals surface area contributed by atoms with Gasteiger partial charge in [-0.25, -0.2) is 4.79 Å². The van der Waals surface area contributed by atoms with Crippen LogP contribution in [0.1, 0.15) is 61.5 Å². The summed E-state index contributed by atoms with van der Waals surface area (Å²) >= 11 is 0. The van der Waals surface area contributed by atoms with Gasteiger partial charge in [-0.1, -0.05) is 6.07 Å². The van der Waals surface area contributed by atoms with E-state index in [1.54, 1.807) is 20.8 Å². The number of carbonyl (C=O) groups is 2. The van der Waals surface area contributed by atoms with Crippen molar-refractivity contribution in [1.82, 2.24) is 10.6 Å². The third-order valence-corrected chi connectivity index (χ3v) is 6.65. The lowest BCUT2D eigenvalue weighted by atomic mass is 10.1. The van der Waals surface area contributed by atoms with Crippen molar-refractivity contribution in [2.45, 2.75) is 62.9 Å². The van der Waals surface area contributed by atoms with Gasteiger partial charge in [0.1, 0.15) is 24.6 Å². The van der Waals surface area contributed by atoms with Crippen LogP contribution >= 0.6 is 0 Å². The first-order valence-corrected chi connectivity index (χ1v) is 14.4. The first-order valence-electron chi connectivity index (χ1n) is 12.9. The number of alkyl carbamates (subject to hydrolysis) is 1. The maximum atomic E-state index is 13.0. The molecule has 2 rings (SSSR count). The standard InChI is InChI=1S/C27H32F6N2O7S/c1-25(2,3)42-24(37)35-11-6-4-5-10-34-23(36)18-8-7-9-22(14-18)43(38,39)41-13-12-40-21-16-19(26(28,29)30)15-20(17-21)27(31,32)33/h7-9,14-17H,4-6,10-13H2,1-3H3,(H,34,36)(H,35,37). The molecule has 0 bridgehead atoms. The molecule has 0 radical (unpaired) electrons. The Bertz CT molecular complexity index is 1320. The summed E-state index contributed by atoms with van der Waals surface area (Å²) in [7, 11) is -4.45. The molecule has 0 spiro atoms. The van der Waals surface area contributed by atoms with Gasteiger partial charge in [-0.3, -0.25) is 8.98 Å². The summed E-state index contributed by atoms with van der Waals surface area (Å²) in [5.41, 5.74) is -3.77. The van der Waals surface area contributed by atoms with Crippen molar-refractivity contribution in [3.05, 3.63) is 59.2 Å². The number of benzene rings is 2. The Balaban J connectivity index is 1.84. The van der Waals surface area contributed by atoms with Crippen LogP contribution in [-0.2, 0) is 31.4 Å². The topological polar surface area (TPSA) is 120 Å². The summed E-state index contributed by atoms with van der Waals surface area (Å²) in [6.07, 6.45) is -8.77. The molecule has 16 heteroatoms. The zero-order valence-corrected chi connectivity index (χ0v) is 24.3. The van der Waals surface area contributed by atoms with Crippen molar-refractivity contribution in [3.63, 3.8) is 0 Å². The van der Waals surface area contributed by atoms with Gasteiger partial charge in [0.25, 0.3) is 16.0 Å². The van der Waals surface area contributed by atoms with E-state index in [0.717, 1.165) is 12.1 Å². The van der Waals surface area contributed by atoms with Crippen LogP contribution in [0.3, 0.4) is 0 Å². The number of rotatable bonds is 13. The molecule has 2 N–H and O–H groups in total. The molecule has 0 unspecified atom stereocenters. The largest absolute Gasteiger partial charge is 0.491 e. The molecule has 0 saturated carbocycles. The highest BCUT2D eigenvalue weighted by Gasteiger charge is 2.37. The van der Waals surface area contributed by atoms with Crippen LogP contribution in [0.25, 0.3) is 0 Å². The summed E-state index contributed by atoms with van der Waals surface area (Å²) in [5, 5.41) is 5.26. The Morgan fingerprint density at radius 3 is 1.93 bits per heavy atom. The highest BCUT2D eigenvalue weighted by molar-refractivity contribution is 7.86. The van der Waals surface area contributed by atoms with Crippen LogP contribution in [0.4, 0.5) is 31.1 Å². The van der Waals surface area contributed by atoms with Gasteiger partial charge in [-0.15, -0.1) is 0 Å². The zero-order chi connectivity index (χ0) is 32.5. The molecular weight excluding hydrogens is 610 g/mol. The number of unbranched alkanes of at least 4 members (excludes halogenated alkanes) is 2. The molecule has 0 atom stereocenters. The van der Waals surface area contributed by atoms with E-state index >= 15 is 0 Å². The summed E-state index contributed by atoms with van der Waals surface area (Å²) in [6.45, 7) is 4.49. The fourth-order valence-electron chi connectivity index (χ4n) is 3.41. The second kappa shape index (κ2) is 14.8. The summed E-state index contributed by atoms with van der Waals surface area (Å²) in [4.78, 5) is 23.6. The van der Waals surface area contributed by atoms with Crippen molar-refractivity contribution < 1.29 is 58.0 Å². The predicted molar refractivity (Wildman–Crippen MR) is 142 cm³/mol. The zero-order valence-electron chi connectivity index (χ0n) is 23.5. The minimum Gasteiger partial charge on any atom is -0.491 e. The number of nitrogens with one attached hydrogen (secondary N) is 2. The number of hydrogen-bond donors (Lipinski definition) is 2. The van der Waals surface area contributed by atoms with Gasteiger partial charge in [0.05, 0.1) is 16.0 Å². The Hall–Kier alpha value is -3.53.